The lowest BCUT2D eigenvalue weighted by Crippen LogP contribution is -1.96. The number of rotatable bonds is 8. The van der Waals surface area contributed by atoms with E-state index in [1.165, 1.54) is 61.3 Å². The van der Waals surface area contributed by atoms with Gasteiger partial charge in [0.1, 0.15) is 0 Å². The summed E-state index contributed by atoms with van der Waals surface area (Å²) in [5.74, 6) is 0. The van der Waals surface area contributed by atoms with Gasteiger partial charge in [-0.15, -0.1) is 0 Å². The first-order valence-electron chi connectivity index (χ1n) is 8.09. The van der Waals surface area contributed by atoms with Crippen molar-refractivity contribution in [1.29, 1.82) is 0 Å². The fourth-order valence-corrected chi connectivity index (χ4v) is 2.83. The summed E-state index contributed by atoms with van der Waals surface area (Å²) in [7, 11) is 0. The van der Waals surface area contributed by atoms with Gasteiger partial charge in [0.2, 0.25) is 0 Å². The summed E-state index contributed by atoms with van der Waals surface area (Å²) in [4.78, 5) is 0. The molecule has 1 nitrogen and oxygen atoms in total. The van der Waals surface area contributed by atoms with E-state index in [1.807, 2.05) is 0 Å². The van der Waals surface area contributed by atoms with Crippen LogP contribution in [-0.2, 0) is 6.42 Å². The minimum Gasteiger partial charge on any atom is -0.398 e. The highest BCUT2D eigenvalue weighted by Crippen LogP contribution is 2.26. The van der Waals surface area contributed by atoms with Gasteiger partial charge in [-0.05, 0) is 23.8 Å². The molecule has 0 saturated carbocycles. The van der Waals surface area contributed by atoms with E-state index in [9.17, 15) is 0 Å². The van der Waals surface area contributed by atoms with Crippen LogP contribution in [0.2, 0.25) is 0 Å². The second-order valence-electron chi connectivity index (χ2n) is 5.73. The molecular formula is C19H27N. The second kappa shape index (κ2) is 7.94. The van der Waals surface area contributed by atoms with Crippen molar-refractivity contribution in [3.05, 3.63) is 42.0 Å². The van der Waals surface area contributed by atoms with E-state index < -0.39 is 0 Å². The largest absolute Gasteiger partial charge is 0.398 e. The monoisotopic (exact) mass is 269 g/mol. The molecule has 20 heavy (non-hydrogen) atoms. The fourth-order valence-electron chi connectivity index (χ4n) is 2.83. The van der Waals surface area contributed by atoms with Crippen molar-refractivity contribution in [3.63, 3.8) is 0 Å². The highest BCUT2D eigenvalue weighted by molar-refractivity contribution is 5.94. The van der Waals surface area contributed by atoms with Gasteiger partial charge in [0.25, 0.3) is 0 Å². The van der Waals surface area contributed by atoms with Crippen LogP contribution < -0.4 is 5.73 Å². The SMILES string of the molecule is CCCCCCCCCc1ccc2ccccc2c1N. The van der Waals surface area contributed by atoms with E-state index in [2.05, 4.69) is 43.3 Å². The third-order valence-corrected chi connectivity index (χ3v) is 4.11. The predicted molar refractivity (Wildman–Crippen MR) is 90.1 cm³/mol. The Morgan fingerprint density at radius 1 is 0.800 bits per heavy atom. The Morgan fingerprint density at radius 2 is 1.50 bits per heavy atom. The first kappa shape index (κ1) is 14.9. The molecule has 108 valence electrons. The van der Waals surface area contributed by atoms with Gasteiger partial charge in [-0.1, -0.05) is 81.8 Å². The summed E-state index contributed by atoms with van der Waals surface area (Å²) in [5.41, 5.74) is 8.60. The zero-order chi connectivity index (χ0) is 14.2. The van der Waals surface area contributed by atoms with Gasteiger partial charge < -0.3 is 5.73 Å². The number of unbranched alkanes of at least 4 members (excludes halogenated alkanes) is 6. The van der Waals surface area contributed by atoms with Crippen LogP contribution in [0.5, 0.6) is 0 Å². The first-order valence-corrected chi connectivity index (χ1v) is 8.09. The number of anilines is 1. The molecule has 2 aromatic rings. The smallest absolute Gasteiger partial charge is 0.0426 e. The average Bonchev–Trinajstić information content (AvgIpc) is 2.49. The van der Waals surface area contributed by atoms with E-state index >= 15 is 0 Å². The van der Waals surface area contributed by atoms with E-state index in [0.29, 0.717) is 0 Å². The number of nitrogens with two attached hydrogens (primary N) is 1. The molecule has 2 rings (SSSR count). The maximum atomic E-state index is 6.30. The standard InChI is InChI=1S/C19H27N/c1-2-3-4-5-6-7-8-12-17-15-14-16-11-9-10-13-18(16)19(17)20/h9-11,13-15H,2-8,12,20H2,1H3. The van der Waals surface area contributed by atoms with Gasteiger partial charge in [0, 0.05) is 11.1 Å². The maximum Gasteiger partial charge on any atom is 0.0426 e. The first-order chi connectivity index (χ1) is 9.83. The molecule has 0 aliphatic rings. The van der Waals surface area contributed by atoms with Gasteiger partial charge in [-0.25, -0.2) is 0 Å². The molecule has 2 aromatic carbocycles. The average molecular weight is 269 g/mol. The van der Waals surface area contributed by atoms with Gasteiger partial charge in [-0.2, -0.15) is 0 Å². The normalized spacial score (nSPS) is 11.1. The Morgan fingerprint density at radius 3 is 2.30 bits per heavy atom. The zero-order valence-electron chi connectivity index (χ0n) is 12.7. The van der Waals surface area contributed by atoms with Crippen molar-refractivity contribution in [2.75, 3.05) is 5.73 Å². The quantitative estimate of drug-likeness (QED) is 0.481. The van der Waals surface area contributed by atoms with E-state index in [4.69, 9.17) is 5.73 Å². The van der Waals surface area contributed by atoms with Gasteiger partial charge >= 0.3 is 0 Å². The van der Waals surface area contributed by atoms with Crippen molar-refractivity contribution in [3.8, 4) is 0 Å². The van der Waals surface area contributed by atoms with Crippen molar-refractivity contribution in [2.24, 2.45) is 0 Å². The number of hydrogen-bond acceptors (Lipinski definition) is 1. The van der Waals surface area contributed by atoms with Crippen LogP contribution in [0.25, 0.3) is 10.8 Å². The summed E-state index contributed by atoms with van der Waals surface area (Å²) in [6.45, 7) is 2.27. The van der Waals surface area contributed by atoms with Gasteiger partial charge in [0.05, 0.1) is 0 Å². The number of aryl methyl sites for hydroxylation is 1. The summed E-state index contributed by atoms with van der Waals surface area (Å²) in [6, 6.07) is 12.8. The second-order valence-corrected chi connectivity index (χ2v) is 5.73. The molecule has 0 aliphatic carbocycles. The van der Waals surface area contributed by atoms with Crippen molar-refractivity contribution in [1.82, 2.24) is 0 Å². The van der Waals surface area contributed by atoms with Crippen LogP contribution in [0, 0.1) is 0 Å². The van der Waals surface area contributed by atoms with Gasteiger partial charge in [0.15, 0.2) is 0 Å². The molecule has 0 amide bonds. The molecule has 2 N–H and O–H groups in total. The van der Waals surface area contributed by atoms with Crippen LogP contribution in [0.4, 0.5) is 5.69 Å². The lowest BCUT2D eigenvalue weighted by atomic mass is 9.99. The molecule has 0 spiro atoms. The highest BCUT2D eigenvalue weighted by atomic mass is 14.6. The topological polar surface area (TPSA) is 26.0 Å². The van der Waals surface area contributed by atoms with Crippen molar-refractivity contribution in [2.45, 2.75) is 58.3 Å². The van der Waals surface area contributed by atoms with Crippen LogP contribution in [0.1, 0.15) is 57.4 Å². The van der Waals surface area contributed by atoms with Gasteiger partial charge in [-0.3, -0.25) is 0 Å². The third kappa shape index (κ3) is 4.00. The van der Waals surface area contributed by atoms with Crippen LogP contribution >= 0.6 is 0 Å². The number of hydrogen-bond donors (Lipinski definition) is 1. The molecule has 1 heteroatoms. The Kier molecular flexibility index (Phi) is 5.91. The van der Waals surface area contributed by atoms with Crippen LogP contribution in [0.15, 0.2) is 36.4 Å². The minimum absolute atomic E-state index is 0.981. The molecule has 0 atom stereocenters. The molecule has 0 radical (unpaired) electrons. The summed E-state index contributed by atoms with van der Waals surface area (Å²) < 4.78 is 0. The Balaban J connectivity index is 1.83. The summed E-state index contributed by atoms with van der Waals surface area (Å²) in [6.07, 6.45) is 10.6. The summed E-state index contributed by atoms with van der Waals surface area (Å²) >= 11 is 0. The molecule has 0 heterocycles. The number of fused-ring (bicyclic) bond motifs is 1. The Labute approximate surface area is 123 Å². The van der Waals surface area contributed by atoms with E-state index in [-0.39, 0.29) is 0 Å². The van der Waals surface area contributed by atoms with E-state index in [0.717, 1.165) is 12.1 Å². The Bertz CT molecular complexity index is 530. The number of nitrogen functional groups attached to an aromatic ring is 1. The predicted octanol–water partition coefficient (Wildman–Crippen LogP) is 5.72. The molecule has 0 aliphatic heterocycles. The third-order valence-electron chi connectivity index (χ3n) is 4.11. The molecule has 0 bridgehead atoms. The molecule has 0 saturated heterocycles. The zero-order valence-corrected chi connectivity index (χ0v) is 12.7. The van der Waals surface area contributed by atoms with E-state index in [1.54, 1.807) is 0 Å². The van der Waals surface area contributed by atoms with Crippen LogP contribution in [-0.4, -0.2) is 0 Å². The van der Waals surface area contributed by atoms with Crippen molar-refractivity contribution >= 4 is 16.5 Å². The highest BCUT2D eigenvalue weighted by Gasteiger charge is 2.03. The van der Waals surface area contributed by atoms with Crippen molar-refractivity contribution < 1.29 is 0 Å². The molecule has 0 fully saturated rings. The Hall–Kier alpha value is -1.50. The van der Waals surface area contributed by atoms with Crippen LogP contribution in [0.3, 0.4) is 0 Å². The maximum absolute atomic E-state index is 6.30. The molecule has 0 aromatic heterocycles. The minimum atomic E-state index is 0.981. The fraction of sp³-hybridized carbons (Fsp3) is 0.474. The lowest BCUT2D eigenvalue weighted by molar-refractivity contribution is 0.589. The molecule has 0 unspecified atom stereocenters. The summed E-state index contributed by atoms with van der Waals surface area (Å²) in [5, 5.41) is 2.45. The number of benzene rings is 2. The molecular weight excluding hydrogens is 242 g/mol. The lowest BCUT2D eigenvalue weighted by Gasteiger charge is -2.09.